The molecule has 2 aliphatic heterocycles. The van der Waals surface area contributed by atoms with E-state index >= 15 is 0 Å². The van der Waals surface area contributed by atoms with Crippen molar-refractivity contribution in [1.82, 2.24) is 35.4 Å². The lowest BCUT2D eigenvalue weighted by molar-refractivity contribution is -0.136. The van der Waals surface area contributed by atoms with Gasteiger partial charge in [0.25, 0.3) is 0 Å². The average molecular weight is 792 g/mol. The zero-order valence-corrected chi connectivity index (χ0v) is 34.4. The second-order valence-corrected chi connectivity index (χ2v) is 16.6. The van der Waals surface area contributed by atoms with Gasteiger partial charge in [0.2, 0.25) is 17.7 Å². The Labute approximate surface area is 338 Å². The largest absolute Gasteiger partial charge is 0.453 e. The molecule has 4 heterocycles. The Balaban J connectivity index is 1.08. The number of hydrogen-bond donors (Lipinski definition) is 3. The summed E-state index contributed by atoms with van der Waals surface area (Å²) >= 11 is 0. The van der Waals surface area contributed by atoms with Gasteiger partial charge in [0.1, 0.15) is 29.5 Å². The Morgan fingerprint density at radius 3 is 1.71 bits per heavy atom. The number of H-pyrrole nitrogens is 1. The summed E-state index contributed by atoms with van der Waals surface area (Å²) in [7, 11) is 2.58. The van der Waals surface area contributed by atoms with Crippen LogP contribution in [0.25, 0.3) is 44.4 Å². The molecule has 0 bridgehead atoms. The molecule has 2 aromatic heterocycles. The number of methoxy groups -OCH3 is 2. The van der Waals surface area contributed by atoms with E-state index in [4.69, 9.17) is 23.9 Å². The Morgan fingerprint density at radius 2 is 1.17 bits per heavy atom. The molecular formula is C44H53N7O7. The van der Waals surface area contributed by atoms with Gasteiger partial charge in [-0.3, -0.25) is 9.59 Å². The maximum absolute atomic E-state index is 13.8. The minimum absolute atomic E-state index is 0.121. The van der Waals surface area contributed by atoms with Crippen molar-refractivity contribution in [3.8, 4) is 22.3 Å². The number of carbonyl (C=O) groups is 4. The quantitative estimate of drug-likeness (QED) is 0.129. The first-order chi connectivity index (χ1) is 27.7. The normalized spacial score (nSPS) is 20.5. The fourth-order valence-corrected chi connectivity index (χ4v) is 8.31. The first kappa shape index (κ1) is 40.3. The minimum Gasteiger partial charge on any atom is -0.453 e. The van der Waals surface area contributed by atoms with Crippen LogP contribution in [-0.4, -0.2) is 88.1 Å². The van der Waals surface area contributed by atoms with E-state index in [-0.39, 0.29) is 47.6 Å². The molecule has 14 heteroatoms. The lowest BCUT2D eigenvalue weighted by Crippen LogP contribution is -2.51. The number of aromatic nitrogens is 3. The fourth-order valence-electron chi connectivity index (χ4n) is 8.31. The summed E-state index contributed by atoms with van der Waals surface area (Å²) in [5, 5.41) is 5.42. The SMILES string of the molecule is COC(=O)NC(C(=O)N1CC(C)CC1c1nc2ccc(-c3ccc(-c4ccc5nc([C@@H]6C[C@H](C)CN6C(=O)[C@@H](NC(=O)OC)C(C)C)[nH]c5c4)cc3)cc2o1)C(C)C. The number of aromatic amines is 1. The summed E-state index contributed by atoms with van der Waals surface area (Å²) in [6, 6.07) is 18.3. The summed E-state index contributed by atoms with van der Waals surface area (Å²) in [4.78, 5) is 68.4. The highest BCUT2D eigenvalue weighted by Crippen LogP contribution is 2.39. The summed E-state index contributed by atoms with van der Waals surface area (Å²) in [5.41, 5.74) is 7.06. The molecule has 2 fully saturated rings. The third-order valence-corrected chi connectivity index (χ3v) is 11.4. The average Bonchev–Trinajstić information content (AvgIpc) is 4.01. The Bertz CT molecular complexity index is 2150. The van der Waals surface area contributed by atoms with Gasteiger partial charge in [0.05, 0.1) is 31.3 Å². The van der Waals surface area contributed by atoms with Crippen molar-refractivity contribution in [3.63, 3.8) is 0 Å². The maximum atomic E-state index is 13.8. The fraction of sp³-hybridized carbons (Fsp3) is 0.455. The second-order valence-electron chi connectivity index (χ2n) is 16.6. The molecule has 0 radical (unpaired) electrons. The number of fused-ring (bicyclic) bond motifs is 2. The van der Waals surface area contributed by atoms with Crippen molar-refractivity contribution < 1.29 is 33.1 Å². The number of alkyl carbamates (subject to hydrolysis) is 2. The van der Waals surface area contributed by atoms with E-state index in [1.807, 2.05) is 62.9 Å². The molecule has 5 aromatic rings. The van der Waals surface area contributed by atoms with Gasteiger partial charge < -0.3 is 39.3 Å². The van der Waals surface area contributed by atoms with E-state index in [0.717, 1.165) is 45.5 Å². The highest BCUT2D eigenvalue weighted by molar-refractivity contribution is 5.88. The molecule has 3 N–H and O–H groups in total. The van der Waals surface area contributed by atoms with Gasteiger partial charge in [-0.15, -0.1) is 0 Å². The predicted octanol–water partition coefficient (Wildman–Crippen LogP) is 7.62. The molecule has 4 amide bonds. The van der Waals surface area contributed by atoms with E-state index in [1.165, 1.54) is 14.2 Å². The second kappa shape index (κ2) is 16.5. The summed E-state index contributed by atoms with van der Waals surface area (Å²) < 4.78 is 15.9. The molecule has 3 unspecified atom stereocenters. The van der Waals surface area contributed by atoms with Crippen molar-refractivity contribution in [2.24, 2.45) is 23.7 Å². The van der Waals surface area contributed by atoms with E-state index in [2.05, 4.69) is 59.8 Å². The van der Waals surface area contributed by atoms with Gasteiger partial charge in [-0.1, -0.05) is 77.9 Å². The van der Waals surface area contributed by atoms with Crippen LogP contribution in [0.5, 0.6) is 0 Å². The lowest BCUT2D eigenvalue weighted by Gasteiger charge is -2.30. The topological polar surface area (TPSA) is 172 Å². The first-order valence-electron chi connectivity index (χ1n) is 20.0. The number of rotatable bonds is 10. The van der Waals surface area contributed by atoms with Gasteiger partial charge in [-0.2, -0.15) is 0 Å². The molecule has 14 nitrogen and oxygen atoms in total. The highest BCUT2D eigenvalue weighted by atomic mass is 16.5. The standard InChI is InChI=1S/C44H53N7O7/c1-23(2)37(48-43(54)56-7)41(52)50-21-25(5)17-34(50)39-45-31-15-13-29(19-33(31)46-39)27-9-11-28(12-10-27)30-14-16-32-36(20-30)58-40(47-32)35-18-26(6)22-51(35)42(53)38(24(3)4)49-44(55)57-8/h9-16,19-20,23-26,34-35,37-38H,17-18,21-22H2,1-8H3,(H,45,46)(H,48,54)(H,49,55)/t25-,26?,34-,35?,37-,38?/m0/s1. The minimum atomic E-state index is -0.732. The van der Waals surface area contributed by atoms with Crippen LogP contribution in [0.3, 0.4) is 0 Å². The van der Waals surface area contributed by atoms with Crippen LogP contribution in [-0.2, 0) is 19.1 Å². The van der Waals surface area contributed by atoms with E-state index in [9.17, 15) is 19.2 Å². The number of ether oxygens (including phenoxy) is 2. The number of hydrogen-bond acceptors (Lipinski definition) is 9. The third-order valence-electron chi connectivity index (χ3n) is 11.4. The summed E-state index contributed by atoms with van der Waals surface area (Å²) in [5.74, 6) is 1.12. The van der Waals surface area contributed by atoms with Crippen molar-refractivity contribution in [3.05, 3.63) is 72.4 Å². The smallest absolute Gasteiger partial charge is 0.407 e. The van der Waals surface area contributed by atoms with Crippen molar-refractivity contribution >= 4 is 46.1 Å². The molecular weight excluding hydrogens is 739 g/mol. The molecule has 7 rings (SSSR count). The number of amides is 4. The molecule has 3 aromatic carbocycles. The Kier molecular flexibility index (Phi) is 11.5. The zero-order chi connectivity index (χ0) is 41.4. The Morgan fingerprint density at radius 1 is 0.690 bits per heavy atom. The van der Waals surface area contributed by atoms with Crippen molar-refractivity contribution in [2.75, 3.05) is 27.3 Å². The molecule has 6 atom stereocenters. The number of nitrogens with zero attached hydrogens (tertiary/aromatic N) is 4. The summed E-state index contributed by atoms with van der Waals surface area (Å²) in [6.45, 7) is 12.9. The van der Waals surface area contributed by atoms with Crippen LogP contribution in [0.1, 0.15) is 78.2 Å². The highest BCUT2D eigenvalue weighted by Gasteiger charge is 2.42. The number of oxazole rings is 1. The molecule has 306 valence electrons. The number of benzene rings is 3. The van der Waals surface area contributed by atoms with Crippen molar-refractivity contribution in [1.29, 1.82) is 0 Å². The van der Waals surface area contributed by atoms with Crippen LogP contribution in [0.2, 0.25) is 0 Å². The number of carbonyl (C=O) groups excluding carboxylic acids is 4. The number of likely N-dealkylation sites (tertiary alicyclic amines) is 2. The van der Waals surface area contributed by atoms with Crippen molar-refractivity contribution in [2.45, 2.75) is 78.6 Å². The van der Waals surface area contributed by atoms with Gasteiger partial charge in [0, 0.05) is 13.1 Å². The zero-order valence-electron chi connectivity index (χ0n) is 34.4. The van der Waals surface area contributed by atoms with Gasteiger partial charge >= 0.3 is 12.2 Å². The van der Waals surface area contributed by atoms with E-state index in [0.29, 0.717) is 36.5 Å². The van der Waals surface area contributed by atoms with E-state index < -0.39 is 24.3 Å². The van der Waals surface area contributed by atoms with Crippen LogP contribution in [0, 0.1) is 23.7 Å². The predicted molar refractivity (Wildman–Crippen MR) is 219 cm³/mol. The number of imidazole rings is 1. The van der Waals surface area contributed by atoms with Gasteiger partial charge in [0.15, 0.2) is 5.58 Å². The van der Waals surface area contributed by atoms with Gasteiger partial charge in [-0.05, 0) is 83.0 Å². The van der Waals surface area contributed by atoms with Crippen LogP contribution >= 0.6 is 0 Å². The van der Waals surface area contributed by atoms with Crippen LogP contribution in [0.4, 0.5) is 9.59 Å². The van der Waals surface area contributed by atoms with Crippen LogP contribution < -0.4 is 10.6 Å². The molecule has 58 heavy (non-hydrogen) atoms. The maximum Gasteiger partial charge on any atom is 0.407 e. The molecule has 0 saturated carbocycles. The third kappa shape index (κ3) is 8.09. The van der Waals surface area contributed by atoms with Gasteiger partial charge in [-0.25, -0.2) is 19.6 Å². The Hall–Kier alpha value is -5.92. The lowest BCUT2D eigenvalue weighted by atomic mass is 10.00. The first-order valence-corrected chi connectivity index (χ1v) is 20.0. The monoisotopic (exact) mass is 791 g/mol. The molecule has 0 spiro atoms. The number of nitrogens with one attached hydrogen (secondary N) is 3. The molecule has 0 aliphatic carbocycles. The summed E-state index contributed by atoms with van der Waals surface area (Å²) in [6.07, 6.45) is 0.192. The van der Waals surface area contributed by atoms with Crippen LogP contribution in [0.15, 0.2) is 65.1 Å². The van der Waals surface area contributed by atoms with E-state index in [1.54, 1.807) is 4.90 Å². The molecule has 2 aliphatic rings. The molecule has 2 saturated heterocycles.